The monoisotopic (exact) mass is 861 g/mol. The highest BCUT2D eigenvalue weighted by molar-refractivity contribution is 7.46. The fraction of sp³-hybridized carbons (Fsp3) is 0.725. The van der Waals surface area contributed by atoms with Crippen molar-refractivity contribution in [1.82, 2.24) is 0 Å². The number of carbonyl (C=O) groups is 2. The third-order valence-corrected chi connectivity index (χ3v) is 10.7. The lowest BCUT2D eigenvalue weighted by molar-refractivity contribution is -0.161. The summed E-state index contributed by atoms with van der Waals surface area (Å²) in [6, 6.07) is 0. The maximum atomic E-state index is 12.4. The molecule has 60 heavy (non-hydrogen) atoms. The van der Waals surface area contributed by atoms with Gasteiger partial charge in [0.15, 0.2) is 6.10 Å². The number of hydrogen-bond donors (Lipinski definition) is 2. The van der Waals surface area contributed by atoms with Gasteiger partial charge in [-0.15, -0.1) is 0 Å². The normalized spacial score (nSPS) is 13.1. The Labute approximate surface area is 368 Å². The van der Waals surface area contributed by atoms with Gasteiger partial charge in [-0.05, 0) is 83.5 Å². The number of allylic oxidation sites excluding steroid dienone is 12. The molecule has 0 saturated carbocycles. The summed E-state index contributed by atoms with van der Waals surface area (Å²) in [6.07, 6.45) is 60.6. The largest absolute Gasteiger partial charge is 0.469 e. The molecule has 0 rings (SSSR count). The molecule has 0 fully saturated rings. The summed E-state index contributed by atoms with van der Waals surface area (Å²) in [6.45, 7) is 3.56. The highest BCUT2D eigenvalue weighted by Crippen LogP contribution is 2.36. The second kappa shape index (κ2) is 46.0. The van der Waals surface area contributed by atoms with Gasteiger partial charge in [-0.25, -0.2) is 4.57 Å². The molecule has 0 radical (unpaired) electrons. The van der Waals surface area contributed by atoms with Crippen LogP contribution in [0.3, 0.4) is 0 Å². The van der Waals surface area contributed by atoms with Crippen LogP contribution >= 0.6 is 7.82 Å². The number of rotatable bonds is 44. The van der Waals surface area contributed by atoms with Gasteiger partial charge in [-0.3, -0.25) is 14.1 Å². The first-order valence-corrected chi connectivity index (χ1v) is 25.8. The van der Waals surface area contributed by atoms with E-state index in [0.717, 1.165) is 70.6 Å². The van der Waals surface area contributed by atoms with Crippen LogP contribution in [0.1, 0.15) is 219 Å². The smallest absolute Gasteiger partial charge is 0.462 e. The van der Waals surface area contributed by atoms with E-state index in [-0.39, 0.29) is 19.4 Å². The van der Waals surface area contributed by atoms with Crippen molar-refractivity contribution < 1.29 is 37.9 Å². The van der Waals surface area contributed by atoms with Crippen molar-refractivity contribution in [3.05, 3.63) is 72.9 Å². The predicted molar refractivity (Wildman–Crippen MR) is 253 cm³/mol. The molecule has 8 nitrogen and oxygen atoms in total. The topological polar surface area (TPSA) is 119 Å². The number of carbonyl (C=O) groups excluding carboxylic acids is 2. The lowest BCUT2D eigenvalue weighted by atomic mass is 10.0. The number of hydrogen-bond acceptors (Lipinski definition) is 6. The molecule has 0 aromatic carbocycles. The maximum absolute atomic E-state index is 12.4. The number of ether oxygens (including phenoxy) is 2. The molecule has 346 valence electrons. The Kier molecular flexibility index (Phi) is 44.1. The van der Waals surface area contributed by atoms with Crippen LogP contribution in [0.2, 0.25) is 0 Å². The van der Waals surface area contributed by atoms with Gasteiger partial charge >= 0.3 is 19.8 Å². The van der Waals surface area contributed by atoms with Crippen LogP contribution in [-0.2, 0) is 28.2 Å². The van der Waals surface area contributed by atoms with E-state index >= 15 is 0 Å². The number of phosphoric ester groups is 1. The zero-order chi connectivity index (χ0) is 43.9. The molecule has 0 bridgehead atoms. The van der Waals surface area contributed by atoms with Crippen molar-refractivity contribution in [1.29, 1.82) is 0 Å². The van der Waals surface area contributed by atoms with Crippen molar-refractivity contribution >= 4 is 19.8 Å². The Morgan fingerprint density at radius 3 is 1.23 bits per heavy atom. The summed E-state index contributed by atoms with van der Waals surface area (Å²) < 4.78 is 26.5. The van der Waals surface area contributed by atoms with Crippen LogP contribution in [0, 0.1) is 0 Å². The van der Waals surface area contributed by atoms with Crippen LogP contribution in [0.25, 0.3) is 0 Å². The first-order chi connectivity index (χ1) is 29.3. The number of esters is 2. The van der Waals surface area contributed by atoms with Crippen LogP contribution in [0.15, 0.2) is 72.9 Å². The van der Waals surface area contributed by atoms with Gasteiger partial charge in [0.05, 0.1) is 6.61 Å². The lowest BCUT2D eigenvalue weighted by Crippen LogP contribution is -2.29. The van der Waals surface area contributed by atoms with E-state index in [1.807, 2.05) is 0 Å². The van der Waals surface area contributed by atoms with Crippen molar-refractivity contribution in [2.24, 2.45) is 0 Å². The van der Waals surface area contributed by atoms with Crippen molar-refractivity contribution in [2.75, 3.05) is 13.2 Å². The summed E-state index contributed by atoms with van der Waals surface area (Å²) in [5.41, 5.74) is 0. The molecule has 0 aliphatic heterocycles. The van der Waals surface area contributed by atoms with E-state index in [1.165, 1.54) is 116 Å². The Morgan fingerprint density at radius 1 is 0.450 bits per heavy atom. The van der Waals surface area contributed by atoms with Gasteiger partial charge in [0.2, 0.25) is 0 Å². The van der Waals surface area contributed by atoms with Gasteiger partial charge in [0.25, 0.3) is 0 Å². The van der Waals surface area contributed by atoms with E-state index < -0.39 is 32.5 Å². The SMILES string of the molecule is CC/C=C\C/C=C\C/C=C\C/C=C\C/C=C\CCCCCC(=O)OC(COC(=O)CCCCCCCCCCCCC/C=C\CCCCCCCCCC)COP(=O)(O)O. The average molecular weight is 861 g/mol. The molecular formula is C51H89O8P. The minimum atomic E-state index is -4.77. The van der Waals surface area contributed by atoms with Crippen LogP contribution < -0.4 is 0 Å². The second-order valence-electron chi connectivity index (χ2n) is 16.1. The van der Waals surface area contributed by atoms with Gasteiger partial charge < -0.3 is 19.3 Å². The molecule has 0 saturated heterocycles. The Hall–Kier alpha value is -2.51. The molecular weight excluding hydrogens is 772 g/mol. The van der Waals surface area contributed by atoms with Crippen LogP contribution in [0.4, 0.5) is 0 Å². The zero-order valence-electron chi connectivity index (χ0n) is 38.3. The Bertz CT molecular complexity index is 1200. The van der Waals surface area contributed by atoms with Gasteiger partial charge in [-0.2, -0.15) is 0 Å². The highest BCUT2D eigenvalue weighted by Gasteiger charge is 2.22. The van der Waals surface area contributed by atoms with E-state index in [1.54, 1.807) is 0 Å². The number of unbranched alkanes of at least 4 members (excludes halogenated alkanes) is 22. The molecule has 2 N–H and O–H groups in total. The molecule has 0 aliphatic rings. The minimum Gasteiger partial charge on any atom is -0.462 e. The summed E-state index contributed by atoms with van der Waals surface area (Å²) in [7, 11) is -4.77. The number of phosphoric acid groups is 1. The Balaban J connectivity index is 3.90. The van der Waals surface area contributed by atoms with E-state index in [9.17, 15) is 14.2 Å². The third-order valence-electron chi connectivity index (χ3n) is 10.2. The summed E-state index contributed by atoms with van der Waals surface area (Å²) in [5.74, 6) is -0.922. The molecule has 9 heteroatoms. The average Bonchev–Trinajstić information content (AvgIpc) is 3.22. The quantitative estimate of drug-likeness (QED) is 0.0269. The summed E-state index contributed by atoms with van der Waals surface area (Å²) in [5, 5.41) is 0. The van der Waals surface area contributed by atoms with E-state index in [2.05, 4.69) is 91.3 Å². The fourth-order valence-corrected chi connectivity index (χ4v) is 6.99. The fourth-order valence-electron chi connectivity index (χ4n) is 6.63. The van der Waals surface area contributed by atoms with Gasteiger partial charge in [0.1, 0.15) is 6.61 Å². The summed E-state index contributed by atoms with van der Waals surface area (Å²) >= 11 is 0. The third kappa shape index (κ3) is 48.2. The maximum Gasteiger partial charge on any atom is 0.469 e. The van der Waals surface area contributed by atoms with E-state index in [4.69, 9.17) is 19.3 Å². The first kappa shape index (κ1) is 57.5. The van der Waals surface area contributed by atoms with Gasteiger partial charge in [0, 0.05) is 12.8 Å². The van der Waals surface area contributed by atoms with Crippen molar-refractivity contribution in [2.45, 2.75) is 225 Å². The van der Waals surface area contributed by atoms with Crippen molar-refractivity contribution in [3.8, 4) is 0 Å². The Morgan fingerprint density at radius 2 is 0.800 bits per heavy atom. The molecule has 0 aliphatic carbocycles. The molecule has 1 atom stereocenters. The van der Waals surface area contributed by atoms with Crippen LogP contribution in [-0.4, -0.2) is 41.0 Å². The molecule has 0 amide bonds. The molecule has 0 aromatic rings. The molecule has 1 unspecified atom stereocenters. The molecule has 0 aromatic heterocycles. The molecule has 0 spiro atoms. The minimum absolute atomic E-state index is 0.170. The predicted octanol–water partition coefficient (Wildman–Crippen LogP) is 15.4. The second-order valence-corrected chi connectivity index (χ2v) is 17.3. The molecule has 0 heterocycles. The van der Waals surface area contributed by atoms with Gasteiger partial charge in [-0.1, -0.05) is 196 Å². The lowest BCUT2D eigenvalue weighted by Gasteiger charge is -2.18. The summed E-state index contributed by atoms with van der Waals surface area (Å²) in [4.78, 5) is 43.0. The first-order valence-electron chi connectivity index (χ1n) is 24.2. The highest BCUT2D eigenvalue weighted by atomic mass is 31.2. The van der Waals surface area contributed by atoms with Crippen LogP contribution in [0.5, 0.6) is 0 Å². The van der Waals surface area contributed by atoms with Crippen molar-refractivity contribution in [3.63, 3.8) is 0 Å². The zero-order valence-corrected chi connectivity index (χ0v) is 39.2. The standard InChI is InChI=1S/C51H89O8P/c1-3-5-7-9-11-13-15-17-19-21-23-24-25-26-28-29-31-33-35-37-39-41-43-45-50(52)57-47-49(48-58-60(54,55)56)59-51(53)46-44-42-40-38-36-34-32-30-27-22-20-18-16-14-12-10-8-6-4-2/h6,8,12,14,18,20-21,23,27,30,34,36,49H,3-5,7,9-11,13,15-17,19,22,24-26,28-29,31-33,35,37-48H2,1-2H3,(H2,54,55,56)/b8-6-,14-12-,20-18-,23-21-,30-27-,36-34-. The van der Waals surface area contributed by atoms with E-state index in [0.29, 0.717) is 6.42 Å².